The maximum absolute atomic E-state index is 11.8. The Labute approximate surface area is 117 Å². The fourth-order valence-corrected chi connectivity index (χ4v) is 3.29. The van der Waals surface area contributed by atoms with E-state index in [-0.39, 0.29) is 11.3 Å². The summed E-state index contributed by atoms with van der Waals surface area (Å²) < 4.78 is 10.7. The zero-order valence-corrected chi connectivity index (χ0v) is 11.7. The van der Waals surface area contributed by atoms with E-state index in [1.807, 2.05) is 18.2 Å². The van der Waals surface area contributed by atoms with Crippen LogP contribution in [0.3, 0.4) is 0 Å². The lowest BCUT2D eigenvalue weighted by Gasteiger charge is -2.24. The van der Waals surface area contributed by atoms with E-state index in [0.717, 1.165) is 5.56 Å². The Balaban J connectivity index is 2.41. The van der Waals surface area contributed by atoms with Crippen molar-refractivity contribution in [2.45, 2.75) is 5.37 Å². The van der Waals surface area contributed by atoms with Crippen LogP contribution in [-0.2, 0) is 4.79 Å². The molecule has 1 aromatic carbocycles. The summed E-state index contributed by atoms with van der Waals surface area (Å²) in [4.78, 5) is 13.5. The Kier molecular flexibility index (Phi) is 4.23. The number of benzene rings is 1. The molecule has 0 bridgehead atoms. The molecule has 1 fully saturated rings. The first-order valence-electron chi connectivity index (χ1n) is 5.78. The van der Waals surface area contributed by atoms with Crippen molar-refractivity contribution >= 4 is 17.7 Å². The molecule has 1 saturated heterocycles. The molecule has 1 atom stereocenters. The molecule has 0 aliphatic carbocycles. The molecule has 100 valence electrons. The summed E-state index contributed by atoms with van der Waals surface area (Å²) in [6, 6.07) is 5.64. The van der Waals surface area contributed by atoms with Gasteiger partial charge in [0, 0.05) is 5.56 Å². The minimum atomic E-state index is -0.117. The lowest BCUT2D eigenvalue weighted by molar-refractivity contribution is -0.127. The second-order valence-corrected chi connectivity index (χ2v) is 5.04. The highest BCUT2D eigenvalue weighted by Crippen LogP contribution is 2.45. The van der Waals surface area contributed by atoms with Gasteiger partial charge < -0.3 is 14.4 Å². The standard InChI is InChI=1S/C14H15NO3S/c1-4-8-15-12(16)9-19-14(15)10-6-5-7-11(17-2)13(10)18-3/h1,5-7,14H,8-9H2,2-3H3. The maximum Gasteiger partial charge on any atom is 0.234 e. The molecule has 0 saturated carbocycles. The molecule has 0 spiro atoms. The molecule has 2 rings (SSSR count). The highest BCUT2D eigenvalue weighted by atomic mass is 32.2. The predicted molar refractivity (Wildman–Crippen MR) is 75.3 cm³/mol. The van der Waals surface area contributed by atoms with Gasteiger partial charge in [-0.1, -0.05) is 18.1 Å². The Hall–Kier alpha value is -1.80. The van der Waals surface area contributed by atoms with E-state index < -0.39 is 0 Å². The number of thioether (sulfide) groups is 1. The molecule has 0 radical (unpaired) electrons. The van der Waals surface area contributed by atoms with E-state index in [9.17, 15) is 4.79 Å². The van der Waals surface area contributed by atoms with E-state index in [1.165, 1.54) is 0 Å². The van der Waals surface area contributed by atoms with E-state index in [2.05, 4.69) is 5.92 Å². The van der Waals surface area contributed by atoms with Crippen molar-refractivity contribution in [1.29, 1.82) is 0 Å². The van der Waals surface area contributed by atoms with Crippen LogP contribution in [0, 0.1) is 12.3 Å². The molecule has 1 unspecified atom stereocenters. The number of hydrogen-bond acceptors (Lipinski definition) is 4. The smallest absolute Gasteiger partial charge is 0.234 e. The van der Waals surface area contributed by atoms with Crippen molar-refractivity contribution in [2.75, 3.05) is 26.5 Å². The average molecular weight is 277 g/mol. The van der Waals surface area contributed by atoms with Gasteiger partial charge in [0.05, 0.1) is 26.5 Å². The van der Waals surface area contributed by atoms with Crippen molar-refractivity contribution < 1.29 is 14.3 Å². The molecule has 1 aromatic rings. The largest absolute Gasteiger partial charge is 0.493 e. The average Bonchev–Trinajstić information content (AvgIpc) is 2.79. The molecular formula is C14H15NO3S. The van der Waals surface area contributed by atoms with Crippen LogP contribution in [0.15, 0.2) is 18.2 Å². The summed E-state index contributed by atoms with van der Waals surface area (Å²) in [7, 11) is 3.18. The van der Waals surface area contributed by atoms with Crippen LogP contribution in [0.2, 0.25) is 0 Å². The number of carbonyl (C=O) groups is 1. The van der Waals surface area contributed by atoms with Crippen LogP contribution >= 0.6 is 11.8 Å². The highest BCUT2D eigenvalue weighted by Gasteiger charge is 2.34. The molecule has 1 aliphatic heterocycles. The van der Waals surface area contributed by atoms with Crippen LogP contribution in [0.25, 0.3) is 0 Å². The van der Waals surface area contributed by atoms with Crippen LogP contribution in [0.4, 0.5) is 0 Å². The van der Waals surface area contributed by atoms with Crippen molar-refractivity contribution in [2.24, 2.45) is 0 Å². The molecule has 1 heterocycles. The Morgan fingerprint density at radius 3 is 2.89 bits per heavy atom. The highest BCUT2D eigenvalue weighted by molar-refractivity contribution is 8.00. The van der Waals surface area contributed by atoms with Gasteiger partial charge in [-0.15, -0.1) is 18.2 Å². The SMILES string of the molecule is C#CCN1C(=O)CSC1c1cccc(OC)c1OC. The van der Waals surface area contributed by atoms with Crippen molar-refractivity contribution in [3.05, 3.63) is 23.8 Å². The summed E-state index contributed by atoms with van der Waals surface area (Å²) >= 11 is 1.55. The van der Waals surface area contributed by atoms with Gasteiger partial charge in [-0.2, -0.15) is 0 Å². The number of carbonyl (C=O) groups excluding carboxylic acids is 1. The summed E-state index contributed by atoms with van der Waals surface area (Å²) in [6.07, 6.45) is 5.33. The second-order valence-electron chi connectivity index (χ2n) is 3.97. The first kappa shape index (κ1) is 13.6. The molecule has 4 nitrogen and oxygen atoms in total. The quantitative estimate of drug-likeness (QED) is 0.788. The summed E-state index contributed by atoms with van der Waals surface area (Å²) in [5.74, 6) is 4.32. The fraction of sp³-hybridized carbons (Fsp3) is 0.357. The Morgan fingerprint density at radius 2 is 2.26 bits per heavy atom. The lowest BCUT2D eigenvalue weighted by Crippen LogP contribution is -2.28. The Morgan fingerprint density at radius 1 is 1.47 bits per heavy atom. The van der Waals surface area contributed by atoms with Gasteiger partial charge in [-0.25, -0.2) is 0 Å². The first-order valence-corrected chi connectivity index (χ1v) is 6.83. The molecule has 1 aliphatic rings. The van der Waals surface area contributed by atoms with Crippen LogP contribution in [0.5, 0.6) is 11.5 Å². The minimum absolute atomic E-state index is 0.0535. The zero-order valence-electron chi connectivity index (χ0n) is 10.9. The van der Waals surface area contributed by atoms with Crippen LogP contribution in [0.1, 0.15) is 10.9 Å². The topological polar surface area (TPSA) is 38.8 Å². The monoisotopic (exact) mass is 277 g/mol. The van der Waals surface area contributed by atoms with E-state index in [4.69, 9.17) is 15.9 Å². The molecule has 5 heteroatoms. The third kappa shape index (κ3) is 2.49. The number of hydrogen-bond donors (Lipinski definition) is 0. The molecule has 1 amide bonds. The van der Waals surface area contributed by atoms with Crippen molar-refractivity contribution in [3.8, 4) is 23.8 Å². The van der Waals surface area contributed by atoms with Crippen LogP contribution < -0.4 is 9.47 Å². The van der Waals surface area contributed by atoms with E-state index in [1.54, 1.807) is 30.9 Å². The van der Waals surface area contributed by atoms with Crippen molar-refractivity contribution in [3.63, 3.8) is 0 Å². The van der Waals surface area contributed by atoms with E-state index >= 15 is 0 Å². The van der Waals surface area contributed by atoms with Crippen molar-refractivity contribution in [1.82, 2.24) is 4.90 Å². The number of nitrogens with zero attached hydrogens (tertiary/aromatic N) is 1. The minimum Gasteiger partial charge on any atom is -0.493 e. The molecule has 19 heavy (non-hydrogen) atoms. The number of rotatable bonds is 4. The maximum atomic E-state index is 11.8. The normalized spacial score (nSPS) is 18.3. The molecule has 0 aromatic heterocycles. The van der Waals surface area contributed by atoms with Gasteiger partial charge in [-0.3, -0.25) is 4.79 Å². The number of para-hydroxylation sites is 1. The fourth-order valence-electron chi connectivity index (χ4n) is 2.09. The van der Waals surface area contributed by atoms with Gasteiger partial charge in [0.15, 0.2) is 11.5 Å². The molecule has 0 N–H and O–H groups in total. The number of methoxy groups -OCH3 is 2. The number of ether oxygens (including phenoxy) is 2. The molecular weight excluding hydrogens is 262 g/mol. The number of terminal acetylenes is 1. The van der Waals surface area contributed by atoms with Gasteiger partial charge in [0.25, 0.3) is 0 Å². The number of amides is 1. The summed E-state index contributed by atoms with van der Waals surface area (Å²) in [5.41, 5.74) is 0.910. The second kappa shape index (κ2) is 5.89. The van der Waals surface area contributed by atoms with Crippen LogP contribution in [-0.4, -0.2) is 37.3 Å². The van der Waals surface area contributed by atoms with E-state index in [0.29, 0.717) is 23.8 Å². The zero-order chi connectivity index (χ0) is 13.8. The third-order valence-corrected chi connectivity index (χ3v) is 4.17. The van der Waals surface area contributed by atoms with Gasteiger partial charge >= 0.3 is 0 Å². The summed E-state index contributed by atoms with van der Waals surface area (Å²) in [5, 5.41) is -0.117. The van der Waals surface area contributed by atoms with Gasteiger partial charge in [-0.05, 0) is 6.07 Å². The predicted octanol–water partition coefficient (Wildman–Crippen LogP) is 1.91. The Bertz CT molecular complexity index is 524. The van der Waals surface area contributed by atoms with Gasteiger partial charge in [0.2, 0.25) is 5.91 Å². The third-order valence-electron chi connectivity index (χ3n) is 2.93. The lowest BCUT2D eigenvalue weighted by atomic mass is 10.1. The first-order chi connectivity index (χ1) is 9.22. The van der Waals surface area contributed by atoms with Gasteiger partial charge in [0.1, 0.15) is 5.37 Å². The summed E-state index contributed by atoms with van der Waals surface area (Å²) in [6.45, 7) is 0.302.